The van der Waals surface area contributed by atoms with E-state index < -0.39 is 4.92 Å². The molecule has 0 unspecified atom stereocenters. The van der Waals surface area contributed by atoms with Gasteiger partial charge in [0.2, 0.25) is 0 Å². The van der Waals surface area contributed by atoms with Gasteiger partial charge < -0.3 is 10.0 Å². The van der Waals surface area contributed by atoms with Crippen LogP contribution >= 0.6 is 0 Å². The van der Waals surface area contributed by atoms with E-state index in [1.165, 1.54) is 12.1 Å². The molecule has 1 aliphatic rings. The molecule has 3 rings (SSSR count). The van der Waals surface area contributed by atoms with Crippen LogP contribution < -0.4 is 4.90 Å². The second-order valence-corrected chi connectivity index (χ2v) is 4.94. The number of rotatable bonds is 3. The highest BCUT2D eigenvalue weighted by molar-refractivity contribution is 5.78. The molecule has 1 aromatic carbocycles. The summed E-state index contributed by atoms with van der Waals surface area (Å²) < 4.78 is 0. The van der Waals surface area contributed by atoms with Gasteiger partial charge in [0.05, 0.1) is 22.2 Å². The fourth-order valence-corrected chi connectivity index (χ4v) is 2.45. The van der Waals surface area contributed by atoms with Gasteiger partial charge in [-0.05, 0) is 12.5 Å². The second kappa shape index (κ2) is 5.01. The van der Waals surface area contributed by atoms with E-state index in [0.717, 1.165) is 25.3 Å². The Kier molecular flexibility index (Phi) is 3.19. The first-order valence-electron chi connectivity index (χ1n) is 6.44. The molecule has 0 spiro atoms. The molecular formula is C13H14N4O3. The summed E-state index contributed by atoms with van der Waals surface area (Å²) in [4.78, 5) is 21.1. The lowest BCUT2D eigenvalue weighted by atomic mass is 10.1. The summed E-state index contributed by atoms with van der Waals surface area (Å²) in [5.74, 6) is 1.03. The zero-order valence-corrected chi connectivity index (χ0v) is 10.8. The molecular weight excluding hydrogens is 260 g/mol. The van der Waals surface area contributed by atoms with E-state index in [4.69, 9.17) is 5.11 Å². The number of nitrogens with zero attached hydrogens (tertiary/aromatic N) is 4. The van der Waals surface area contributed by atoms with Crippen LogP contribution in [0.2, 0.25) is 0 Å². The summed E-state index contributed by atoms with van der Waals surface area (Å²) in [5, 5.41) is 19.9. The van der Waals surface area contributed by atoms with Gasteiger partial charge in [0.1, 0.15) is 5.82 Å². The first-order valence-corrected chi connectivity index (χ1v) is 6.44. The van der Waals surface area contributed by atoms with Crippen molar-refractivity contribution in [2.24, 2.45) is 5.92 Å². The third-order valence-corrected chi connectivity index (χ3v) is 3.59. The van der Waals surface area contributed by atoms with Crippen LogP contribution in [-0.4, -0.2) is 39.7 Å². The minimum atomic E-state index is -0.443. The Morgan fingerprint density at radius 2 is 2.30 bits per heavy atom. The molecule has 1 saturated heterocycles. The maximum Gasteiger partial charge on any atom is 0.271 e. The Hall–Kier alpha value is -2.28. The first kappa shape index (κ1) is 12.7. The molecule has 0 amide bonds. The van der Waals surface area contributed by atoms with Crippen molar-refractivity contribution in [2.75, 3.05) is 24.6 Å². The summed E-state index contributed by atoms with van der Waals surface area (Å²) in [6.07, 6.45) is 2.57. The van der Waals surface area contributed by atoms with Crippen LogP contribution in [0, 0.1) is 16.0 Å². The van der Waals surface area contributed by atoms with Gasteiger partial charge >= 0.3 is 0 Å². The van der Waals surface area contributed by atoms with E-state index in [-0.39, 0.29) is 18.2 Å². The van der Waals surface area contributed by atoms with E-state index in [1.807, 2.05) is 0 Å². The zero-order chi connectivity index (χ0) is 14.1. The van der Waals surface area contributed by atoms with Crippen LogP contribution in [0.15, 0.2) is 24.4 Å². The SMILES string of the molecule is O=[N+]([O-])c1ccc2nc(N3CC[C@@H](CO)C3)cnc2c1. The van der Waals surface area contributed by atoms with Crippen LogP contribution in [0.4, 0.5) is 11.5 Å². The maximum absolute atomic E-state index is 10.7. The maximum atomic E-state index is 10.7. The topological polar surface area (TPSA) is 92.4 Å². The molecule has 2 aromatic rings. The summed E-state index contributed by atoms with van der Waals surface area (Å²) in [7, 11) is 0. The summed E-state index contributed by atoms with van der Waals surface area (Å²) in [5.41, 5.74) is 1.17. The van der Waals surface area contributed by atoms with Crippen molar-refractivity contribution in [3.63, 3.8) is 0 Å². The van der Waals surface area contributed by atoms with Gasteiger partial charge in [-0.15, -0.1) is 0 Å². The van der Waals surface area contributed by atoms with Crippen molar-refractivity contribution < 1.29 is 10.0 Å². The Labute approximate surface area is 115 Å². The molecule has 1 atom stereocenters. The number of nitro groups is 1. The van der Waals surface area contributed by atoms with E-state index in [0.29, 0.717) is 11.0 Å². The second-order valence-electron chi connectivity index (χ2n) is 4.94. The zero-order valence-electron chi connectivity index (χ0n) is 10.8. The van der Waals surface area contributed by atoms with Gasteiger partial charge in [-0.25, -0.2) is 4.98 Å². The Morgan fingerprint density at radius 1 is 1.45 bits per heavy atom. The number of non-ortho nitro benzene ring substituents is 1. The summed E-state index contributed by atoms with van der Waals surface area (Å²) in [6.45, 7) is 1.80. The number of anilines is 1. The molecule has 20 heavy (non-hydrogen) atoms. The van der Waals surface area contributed by atoms with Crippen molar-refractivity contribution in [3.8, 4) is 0 Å². The molecule has 1 aromatic heterocycles. The minimum Gasteiger partial charge on any atom is -0.396 e. The fourth-order valence-electron chi connectivity index (χ4n) is 2.45. The number of hydrogen-bond acceptors (Lipinski definition) is 6. The van der Waals surface area contributed by atoms with E-state index >= 15 is 0 Å². The Balaban J connectivity index is 1.91. The van der Waals surface area contributed by atoms with E-state index in [2.05, 4.69) is 14.9 Å². The molecule has 104 valence electrons. The molecule has 0 aliphatic carbocycles. The lowest BCUT2D eigenvalue weighted by Gasteiger charge is -2.16. The van der Waals surface area contributed by atoms with Crippen molar-refractivity contribution in [3.05, 3.63) is 34.5 Å². The number of aliphatic hydroxyl groups excluding tert-OH is 1. The predicted octanol–water partition coefficient (Wildman–Crippen LogP) is 1.36. The molecule has 1 fully saturated rings. The Morgan fingerprint density at radius 3 is 3.00 bits per heavy atom. The normalized spacial score (nSPS) is 18.6. The number of hydrogen-bond donors (Lipinski definition) is 1. The molecule has 2 heterocycles. The molecule has 1 N–H and O–H groups in total. The van der Waals surface area contributed by atoms with Crippen LogP contribution in [0.25, 0.3) is 11.0 Å². The lowest BCUT2D eigenvalue weighted by Crippen LogP contribution is -2.21. The molecule has 0 bridgehead atoms. The van der Waals surface area contributed by atoms with Crippen LogP contribution in [0.3, 0.4) is 0 Å². The average molecular weight is 274 g/mol. The quantitative estimate of drug-likeness (QED) is 0.671. The summed E-state index contributed by atoms with van der Waals surface area (Å²) in [6, 6.07) is 4.47. The van der Waals surface area contributed by atoms with Crippen LogP contribution in [-0.2, 0) is 0 Å². The van der Waals surface area contributed by atoms with Gasteiger partial charge in [-0.1, -0.05) is 0 Å². The van der Waals surface area contributed by atoms with Crippen molar-refractivity contribution in [2.45, 2.75) is 6.42 Å². The monoisotopic (exact) mass is 274 g/mol. The third kappa shape index (κ3) is 2.27. The third-order valence-electron chi connectivity index (χ3n) is 3.59. The van der Waals surface area contributed by atoms with E-state index in [1.54, 1.807) is 12.3 Å². The predicted molar refractivity (Wildman–Crippen MR) is 73.6 cm³/mol. The van der Waals surface area contributed by atoms with Crippen molar-refractivity contribution in [1.82, 2.24) is 9.97 Å². The summed E-state index contributed by atoms with van der Waals surface area (Å²) >= 11 is 0. The highest BCUT2D eigenvalue weighted by Gasteiger charge is 2.23. The van der Waals surface area contributed by atoms with Gasteiger partial charge in [-0.3, -0.25) is 15.1 Å². The highest BCUT2D eigenvalue weighted by Crippen LogP contribution is 2.24. The number of aromatic nitrogens is 2. The molecule has 0 saturated carbocycles. The average Bonchev–Trinajstić information content (AvgIpc) is 2.95. The first-order chi connectivity index (χ1) is 9.67. The van der Waals surface area contributed by atoms with Crippen molar-refractivity contribution >= 4 is 22.5 Å². The van der Waals surface area contributed by atoms with Crippen LogP contribution in [0.5, 0.6) is 0 Å². The number of fused-ring (bicyclic) bond motifs is 1. The van der Waals surface area contributed by atoms with Gasteiger partial charge in [-0.2, -0.15) is 0 Å². The smallest absolute Gasteiger partial charge is 0.271 e. The largest absolute Gasteiger partial charge is 0.396 e. The van der Waals surface area contributed by atoms with Gasteiger partial charge in [0.15, 0.2) is 0 Å². The standard InChI is InChI=1S/C13H14N4O3/c18-8-9-3-4-16(7-9)13-6-14-12-5-10(17(19)20)1-2-11(12)15-13/h1-2,5-6,9,18H,3-4,7-8H2/t9-/m1/s1. The molecule has 7 heteroatoms. The Bertz CT molecular complexity index is 661. The minimum absolute atomic E-state index is 0.0149. The van der Waals surface area contributed by atoms with E-state index in [9.17, 15) is 10.1 Å². The van der Waals surface area contributed by atoms with Gasteiger partial charge in [0.25, 0.3) is 5.69 Å². The molecule has 0 radical (unpaired) electrons. The molecule has 7 nitrogen and oxygen atoms in total. The van der Waals surface area contributed by atoms with Crippen LogP contribution in [0.1, 0.15) is 6.42 Å². The van der Waals surface area contributed by atoms with Gasteiger partial charge in [0, 0.05) is 37.7 Å². The molecule has 1 aliphatic heterocycles. The fraction of sp³-hybridized carbons (Fsp3) is 0.385. The van der Waals surface area contributed by atoms with Crippen molar-refractivity contribution in [1.29, 1.82) is 0 Å². The lowest BCUT2D eigenvalue weighted by molar-refractivity contribution is -0.384. The number of aliphatic hydroxyl groups is 1. The number of benzene rings is 1. The highest BCUT2D eigenvalue weighted by atomic mass is 16.6. The number of nitro benzene ring substituents is 1.